The fraction of sp³-hybridized carbons (Fsp3) is 0.333. The van der Waals surface area contributed by atoms with Crippen LogP contribution in [0.3, 0.4) is 0 Å². The van der Waals surface area contributed by atoms with E-state index in [4.69, 9.17) is 18.6 Å². The van der Waals surface area contributed by atoms with Crippen LogP contribution in [0, 0.1) is 6.92 Å². The van der Waals surface area contributed by atoms with Crippen LogP contribution in [0.4, 0.5) is 0 Å². The Balaban J connectivity index is 2.20. The van der Waals surface area contributed by atoms with Crippen molar-refractivity contribution in [1.29, 1.82) is 0 Å². The minimum atomic E-state index is -0.282. The number of aryl methyl sites for hydroxylation is 1. The second-order valence-electron chi connectivity index (χ2n) is 4.46. The number of nitrogens with zero attached hydrogens (tertiary/aromatic N) is 1. The first-order valence-corrected chi connectivity index (χ1v) is 6.57. The van der Waals surface area contributed by atoms with Gasteiger partial charge in [0, 0.05) is 5.56 Å². The summed E-state index contributed by atoms with van der Waals surface area (Å²) in [7, 11) is 4.50. The van der Waals surface area contributed by atoms with Crippen LogP contribution in [-0.4, -0.2) is 32.2 Å². The van der Waals surface area contributed by atoms with Crippen LogP contribution in [0.15, 0.2) is 22.9 Å². The molecule has 0 aliphatic rings. The number of rotatable bonds is 6. The zero-order valence-electron chi connectivity index (χ0n) is 12.9. The number of ether oxygens (including phenoxy) is 3. The molecule has 0 saturated carbocycles. The van der Waals surface area contributed by atoms with Crippen molar-refractivity contribution in [2.24, 2.45) is 0 Å². The highest BCUT2D eigenvalue weighted by Gasteiger charge is 2.17. The number of methoxy groups -OCH3 is 3. The van der Waals surface area contributed by atoms with Crippen molar-refractivity contribution < 1.29 is 23.4 Å². The highest BCUT2D eigenvalue weighted by molar-refractivity contribution is 5.95. The van der Waals surface area contributed by atoms with Crippen LogP contribution >= 0.6 is 0 Å². The van der Waals surface area contributed by atoms with E-state index in [9.17, 15) is 4.79 Å². The molecule has 0 aliphatic carbocycles. The van der Waals surface area contributed by atoms with E-state index in [1.165, 1.54) is 27.7 Å². The minimum absolute atomic E-state index is 0.251. The van der Waals surface area contributed by atoms with E-state index in [-0.39, 0.29) is 12.5 Å². The molecule has 0 atom stereocenters. The molecule has 2 rings (SSSR count). The number of carbonyl (C=O) groups is 1. The number of amides is 1. The van der Waals surface area contributed by atoms with E-state index in [1.807, 2.05) is 6.92 Å². The number of aromatic nitrogens is 1. The zero-order chi connectivity index (χ0) is 16.1. The maximum Gasteiger partial charge on any atom is 0.251 e. The van der Waals surface area contributed by atoms with E-state index >= 15 is 0 Å². The summed E-state index contributed by atoms with van der Waals surface area (Å²) in [6, 6.07) is 3.17. The molecular formula is C15H18N2O5. The number of oxazole rings is 1. The van der Waals surface area contributed by atoms with Gasteiger partial charge in [-0.2, -0.15) is 0 Å². The zero-order valence-corrected chi connectivity index (χ0v) is 12.9. The topological polar surface area (TPSA) is 82.8 Å². The number of nitrogens with one attached hydrogen (secondary N) is 1. The lowest BCUT2D eigenvalue weighted by molar-refractivity contribution is 0.0947. The molecule has 0 unspecified atom stereocenters. The van der Waals surface area contributed by atoms with Gasteiger partial charge < -0.3 is 23.9 Å². The molecule has 1 N–H and O–H groups in total. The molecule has 22 heavy (non-hydrogen) atoms. The molecule has 0 saturated heterocycles. The summed E-state index contributed by atoms with van der Waals surface area (Å²) in [5.74, 6) is 1.61. The van der Waals surface area contributed by atoms with Crippen molar-refractivity contribution in [1.82, 2.24) is 10.3 Å². The van der Waals surface area contributed by atoms with Gasteiger partial charge in [-0.05, 0) is 19.1 Å². The van der Waals surface area contributed by atoms with Gasteiger partial charge in [-0.25, -0.2) is 4.98 Å². The number of hydrogen-bond acceptors (Lipinski definition) is 6. The van der Waals surface area contributed by atoms with Crippen molar-refractivity contribution in [3.8, 4) is 17.2 Å². The third kappa shape index (κ3) is 3.13. The van der Waals surface area contributed by atoms with Gasteiger partial charge in [0.2, 0.25) is 5.75 Å². The third-order valence-electron chi connectivity index (χ3n) is 3.18. The molecule has 7 nitrogen and oxygen atoms in total. The second kappa shape index (κ2) is 6.84. The molecule has 7 heteroatoms. The summed E-state index contributed by atoms with van der Waals surface area (Å²) in [6.07, 6.45) is 1.34. The third-order valence-corrected chi connectivity index (χ3v) is 3.18. The van der Waals surface area contributed by atoms with Crippen molar-refractivity contribution in [2.75, 3.05) is 21.3 Å². The smallest absolute Gasteiger partial charge is 0.251 e. The van der Waals surface area contributed by atoms with Crippen LogP contribution in [-0.2, 0) is 6.54 Å². The molecular weight excluding hydrogens is 288 g/mol. The van der Waals surface area contributed by atoms with Crippen LogP contribution < -0.4 is 19.5 Å². The van der Waals surface area contributed by atoms with Gasteiger partial charge in [0.15, 0.2) is 17.9 Å². The lowest BCUT2D eigenvalue weighted by atomic mass is 10.1. The molecule has 1 aromatic carbocycles. The standard InChI is InChI=1S/C15H18N2O5/c1-9-13(22-8-17-9)7-16-15(18)10-5-11(19-2)14(21-4)12(6-10)20-3/h5-6,8H,7H2,1-4H3,(H,16,18). The van der Waals surface area contributed by atoms with Gasteiger partial charge in [0.1, 0.15) is 5.76 Å². The minimum Gasteiger partial charge on any atom is -0.493 e. The highest BCUT2D eigenvalue weighted by atomic mass is 16.5. The van der Waals surface area contributed by atoms with Crippen molar-refractivity contribution in [2.45, 2.75) is 13.5 Å². The fourth-order valence-corrected chi connectivity index (χ4v) is 1.97. The van der Waals surface area contributed by atoms with Crippen LogP contribution in [0.1, 0.15) is 21.8 Å². The SMILES string of the molecule is COc1cc(C(=O)NCc2ocnc2C)cc(OC)c1OC. The predicted octanol–water partition coefficient (Wildman–Crippen LogP) is 1.94. The molecule has 118 valence electrons. The lowest BCUT2D eigenvalue weighted by Gasteiger charge is -2.14. The van der Waals surface area contributed by atoms with E-state index in [0.717, 1.165) is 5.69 Å². The molecule has 1 heterocycles. The average Bonchev–Trinajstić information content (AvgIpc) is 2.96. The summed E-state index contributed by atoms with van der Waals surface area (Å²) < 4.78 is 20.9. The number of carbonyl (C=O) groups excluding carboxylic acids is 1. The Kier molecular flexibility index (Phi) is 4.88. The lowest BCUT2D eigenvalue weighted by Crippen LogP contribution is -2.23. The normalized spacial score (nSPS) is 10.2. The van der Waals surface area contributed by atoms with Gasteiger partial charge >= 0.3 is 0 Å². The van der Waals surface area contributed by atoms with Crippen molar-refractivity contribution >= 4 is 5.91 Å². The predicted molar refractivity (Wildman–Crippen MR) is 78.5 cm³/mol. The molecule has 0 spiro atoms. The van der Waals surface area contributed by atoms with Gasteiger partial charge in [0.25, 0.3) is 5.91 Å². The summed E-state index contributed by atoms with van der Waals surface area (Å²) in [6.45, 7) is 2.06. The first-order chi connectivity index (χ1) is 10.6. The van der Waals surface area contributed by atoms with Crippen molar-refractivity contribution in [3.05, 3.63) is 35.5 Å². The molecule has 0 bridgehead atoms. The summed E-state index contributed by atoms with van der Waals surface area (Å²) >= 11 is 0. The Morgan fingerprint density at radius 1 is 1.18 bits per heavy atom. The quantitative estimate of drug-likeness (QED) is 0.878. The first-order valence-electron chi connectivity index (χ1n) is 6.57. The molecule has 0 aliphatic heterocycles. The Bertz CT molecular complexity index is 641. The Morgan fingerprint density at radius 3 is 2.27 bits per heavy atom. The van der Waals surface area contributed by atoms with Gasteiger partial charge in [-0.3, -0.25) is 4.79 Å². The van der Waals surface area contributed by atoms with E-state index in [0.29, 0.717) is 28.6 Å². The van der Waals surface area contributed by atoms with Crippen LogP contribution in [0.5, 0.6) is 17.2 Å². The largest absolute Gasteiger partial charge is 0.493 e. The number of benzene rings is 1. The molecule has 2 aromatic rings. The Morgan fingerprint density at radius 2 is 1.82 bits per heavy atom. The Labute approximate surface area is 128 Å². The number of hydrogen-bond donors (Lipinski definition) is 1. The van der Waals surface area contributed by atoms with Gasteiger partial charge in [0.05, 0.1) is 33.6 Å². The summed E-state index contributed by atoms with van der Waals surface area (Å²) in [5.41, 5.74) is 1.14. The first kappa shape index (κ1) is 15.7. The van der Waals surface area contributed by atoms with E-state index in [1.54, 1.807) is 12.1 Å². The maximum absolute atomic E-state index is 12.3. The molecule has 1 aromatic heterocycles. The fourth-order valence-electron chi connectivity index (χ4n) is 1.97. The molecule has 0 radical (unpaired) electrons. The highest BCUT2D eigenvalue weighted by Crippen LogP contribution is 2.38. The summed E-state index contributed by atoms with van der Waals surface area (Å²) in [5, 5.41) is 2.76. The maximum atomic E-state index is 12.3. The summed E-state index contributed by atoms with van der Waals surface area (Å²) in [4.78, 5) is 16.2. The van der Waals surface area contributed by atoms with E-state index in [2.05, 4.69) is 10.3 Å². The van der Waals surface area contributed by atoms with Gasteiger partial charge in [-0.15, -0.1) is 0 Å². The molecule has 0 fully saturated rings. The molecule has 1 amide bonds. The average molecular weight is 306 g/mol. The van der Waals surface area contributed by atoms with Gasteiger partial charge in [-0.1, -0.05) is 0 Å². The van der Waals surface area contributed by atoms with Crippen molar-refractivity contribution in [3.63, 3.8) is 0 Å². The Hall–Kier alpha value is -2.70. The monoisotopic (exact) mass is 306 g/mol. The second-order valence-corrected chi connectivity index (χ2v) is 4.46. The van der Waals surface area contributed by atoms with Crippen LogP contribution in [0.25, 0.3) is 0 Å². The van der Waals surface area contributed by atoms with E-state index < -0.39 is 0 Å². The van der Waals surface area contributed by atoms with Crippen LogP contribution in [0.2, 0.25) is 0 Å².